The summed E-state index contributed by atoms with van der Waals surface area (Å²) in [5.74, 6) is 0.736. The molecule has 7 heteroatoms. The number of hydrogen-bond donors (Lipinski definition) is 0. The van der Waals surface area contributed by atoms with Crippen molar-refractivity contribution in [1.29, 1.82) is 0 Å². The summed E-state index contributed by atoms with van der Waals surface area (Å²) in [6.45, 7) is 4.75. The summed E-state index contributed by atoms with van der Waals surface area (Å²) in [4.78, 5) is 6.67. The van der Waals surface area contributed by atoms with Gasteiger partial charge in [-0.25, -0.2) is 4.98 Å². The van der Waals surface area contributed by atoms with Gasteiger partial charge in [0.1, 0.15) is 6.61 Å². The molecule has 0 aliphatic carbocycles. The average Bonchev–Trinajstić information content (AvgIpc) is 2.78. The molecular weight excluding hydrogens is 254 g/mol. The second-order valence-electron chi connectivity index (χ2n) is 4.36. The minimum absolute atomic E-state index is 0.0912. The molecule has 0 aromatic carbocycles. The number of morpholine rings is 1. The minimum Gasteiger partial charge on any atom is -0.382 e. The van der Waals surface area contributed by atoms with E-state index >= 15 is 0 Å². The molecule has 0 bridgehead atoms. The van der Waals surface area contributed by atoms with Gasteiger partial charge < -0.3 is 19.1 Å². The van der Waals surface area contributed by atoms with E-state index in [1.807, 2.05) is 0 Å². The van der Waals surface area contributed by atoms with Crippen LogP contribution in [0.1, 0.15) is 12.7 Å². The number of aromatic nitrogens is 2. The molecule has 2 atom stereocenters. The lowest BCUT2D eigenvalue weighted by Crippen LogP contribution is -2.48. The van der Waals surface area contributed by atoms with Crippen molar-refractivity contribution < 1.29 is 14.2 Å². The third-order valence-electron chi connectivity index (χ3n) is 2.68. The van der Waals surface area contributed by atoms with Crippen molar-refractivity contribution in [3.8, 4) is 0 Å². The SMILES string of the molecule is COCc1nsc(N2CC(C)OC(COC)C2)n1. The Kier molecular flexibility index (Phi) is 4.87. The van der Waals surface area contributed by atoms with Gasteiger partial charge in [0.25, 0.3) is 0 Å². The molecule has 18 heavy (non-hydrogen) atoms. The third-order valence-corrected chi connectivity index (χ3v) is 3.49. The molecule has 0 spiro atoms. The van der Waals surface area contributed by atoms with Gasteiger partial charge in [-0.15, -0.1) is 0 Å². The normalized spacial score (nSPS) is 24.5. The van der Waals surface area contributed by atoms with Crippen molar-refractivity contribution in [2.24, 2.45) is 0 Å². The highest BCUT2D eigenvalue weighted by atomic mass is 32.1. The van der Waals surface area contributed by atoms with E-state index < -0.39 is 0 Å². The van der Waals surface area contributed by atoms with Gasteiger partial charge in [-0.2, -0.15) is 4.37 Å². The molecule has 0 radical (unpaired) electrons. The molecule has 102 valence electrons. The van der Waals surface area contributed by atoms with Crippen LogP contribution in [0.4, 0.5) is 5.13 Å². The van der Waals surface area contributed by atoms with E-state index in [2.05, 4.69) is 21.2 Å². The van der Waals surface area contributed by atoms with E-state index in [4.69, 9.17) is 14.2 Å². The van der Waals surface area contributed by atoms with E-state index in [9.17, 15) is 0 Å². The average molecular weight is 273 g/mol. The van der Waals surface area contributed by atoms with E-state index in [1.54, 1.807) is 14.2 Å². The third kappa shape index (κ3) is 3.38. The molecule has 1 aliphatic rings. The van der Waals surface area contributed by atoms with Crippen LogP contribution in [0.2, 0.25) is 0 Å². The Morgan fingerprint density at radius 1 is 1.39 bits per heavy atom. The molecule has 1 aromatic heterocycles. The lowest BCUT2D eigenvalue weighted by atomic mass is 10.2. The van der Waals surface area contributed by atoms with E-state index in [-0.39, 0.29) is 12.2 Å². The summed E-state index contributed by atoms with van der Waals surface area (Å²) in [5, 5.41) is 0.929. The van der Waals surface area contributed by atoms with Crippen LogP contribution < -0.4 is 4.90 Å². The fourth-order valence-electron chi connectivity index (χ4n) is 2.04. The molecule has 1 fully saturated rings. The Hall–Kier alpha value is -0.760. The molecule has 1 aromatic rings. The number of methoxy groups -OCH3 is 2. The molecule has 1 aliphatic heterocycles. The monoisotopic (exact) mass is 273 g/mol. The van der Waals surface area contributed by atoms with Gasteiger partial charge in [0, 0.05) is 38.8 Å². The quantitative estimate of drug-likeness (QED) is 0.795. The second kappa shape index (κ2) is 6.42. The van der Waals surface area contributed by atoms with Gasteiger partial charge in [-0.3, -0.25) is 0 Å². The van der Waals surface area contributed by atoms with Crippen LogP contribution in [-0.2, 0) is 20.8 Å². The molecule has 2 unspecified atom stereocenters. The summed E-state index contributed by atoms with van der Waals surface area (Å²) in [7, 11) is 3.33. The minimum atomic E-state index is 0.0912. The molecule has 2 rings (SSSR count). The second-order valence-corrected chi connectivity index (χ2v) is 5.09. The lowest BCUT2D eigenvalue weighted by Gasteiger charge is -2.36. The van der Waals surface area contributed by atoms with Crippen LogP contribution in [0.3, 0.4) is 0 Å². The Morgan fingerprint density at radius 3 is 2.94 bits per heavy atom. The van der Waals surface area contributed by atoms with Crippen LogP contribution >= 0.6 is 11.5 Å². The first kappa shape index (κ1) is 13.7. The molecule has 0 amide bonds. The summed E-state index contributed by atoms with van der Waals surface area (Å²) >= 11 is 1.41. The van der Waals surface area contributed by atoms with Crippen LogP contribution in [0.15, 0.2) is 0 Å². The van der Waals surface area contributed by atoms with E-state index in [0.29, 0.717) is 13.2 Å². The van der Waals surface area contributed by atoms with Gasteiger partial charge in [0.05, 0.1) is 18.8 Å². The summed E-state index contributed by atoms with van der Waals surface area (Å²) < 4.78 is 20.2. The van der Waals surface area contributed by atoms with Gasteiger partial charge in [0.2, 0.25) is 5.13 Å². The maximum Gasteiger partial charge on any atom is 0.205 e. The maximum atomic E-state index is 5.80. The highest BCUT2D eigenvalue weighted by molar-refractivity contribution is 7.09. The molecular formula is C11H19N3O3S. The lowest BCUT2D eigenvalue weighted by molar-refractivity contribution is -0.0511. The summed E-state index contributed by atoms with van der Waals surface area (Å²) in [6, 6.07) is 0. The zero-order valence-corrected chi connectivity index (χ0v) is 11.8. The van der Waals surface area contributed by atoms with Gasteiger partial charge in [-0.1, -0.05) is 0 Å². The molecule has 6 nitrogen and oxygen atoms in total. The van der Waals surface area contributed by atoms with E-state index in [0.717, 1.165) is 24.0 Å². The van der Waals surface area contributed by atoms with Gasteiger partial charge in [-0.05, 0) is 6.92 Å². The summed E-state index contributed by atoms with van der Waals surface area (Å²) in [5.41, 5.74) is 0. The molecule has 0 N–H and O–H groups in total. The van der Waals surface area contributed by atoms with Crippen LogP contribution in [0.5, 0.6) is 0 Å². The predicted octanol–water partition coefficient (Wildman–Crippen LogP) is 0.925. The van der Waals surface area contributed by atoms with Crippen LogP contribution in [0.25, 0.3) is 0 Å². The van der Waals surface area contributed by atoms with Crippen molar-refractivity contribution >= 4 is 16.7 Å². The zero-order valence-electron chi connectivity index (χ0n) is 11.0. The molecule has 1 saturated heterocycles. The van der Waals surface area contributed by atoms with Gasteiger partial charge in [0.15, 0.2) is 5.82 Å². The largest absolute Gasteiger partial charge is 0.382 e. The highest BCUT2D eigenvalue weighted by Gasteiger charge is 2.27. The van der Waals surface area contributed by atoms with E-state index in [1.165, 1.54) is 11.5 Å². The van der Waals surface area contributed by atoms with Crippen molar-refractivity contribution in [2.75, 3.05) is 38.8 Å². The smallest absolute Gasteiger partial charge is 0.205 e. The number of nitrogens with zero attached hydrogens (tertiary/aromatic N) is 3. The first-order chi connectivity index (χ1) is 8.72. The first-order valence-corrected chi connectivity index (χ1v) is 6.71. The standard InChI is InChI=1S/C11H19N3O3S/c1-8-4-14(5-9(17-8)6-15-2)11-12-10(7-16-3)13-18-11/h8-9H,4-7H2,1-3H3. The van der Waals surface area contributed by atoms with Crippen molar-refractivity contribution in [3.63, 3.8) is 0 Å². The fraction of sp³-hybridized carbons (Fsp3) is 0.818. The number of anilines is 1. The zero-order chi connectivity index (χ0) is 13.0. The van der Waals surface area contributed by atoms with Crippen molar-refractivity contribution in [1.82, 2.24) is 9.36 Å². The van der Waals surface area contributed by atoms with Crippen molar-refractivity contribution in [3.05, 3.63) is 5.82 Å². The number of ether oxygens (including phenoxy) is 3. The first-order valence-electron chi connectivity index (χ1n) is 5.93. The van der Waals surface area contributed by atoms with Crippen LogP contribution in [-0.4, -0.2) is 55.5 Å². The predicted molar refractivity (Wildman–Crippen MR) is 69.0 cm³/mol. The van der Waals surface area contributed by atoms with Gasteiger partial charge >= 0.3 is 0 Å². The molecule has 2 heterocycles. The topological polar surface area (TPSA) is 56.7 Å². The number of hydrogen-bond acceptors (Lipinski definition) is 7. The fourth-order valence-corrected chi connectivity index (χ4v) is 2.73. The summed E-state index contributed by atoms with van der Waals surface area (Å²) in [6.07, 6.45) is 0.266. The van der Waals surface area contributed by atoms with Crippen LogP contribution in [0, 0.1) is 0 Å². The Morgan fingerprint density at radius 2 is 2.22 bits per heavy atom. The number of rotatable bonds is 5. The Balaban J connectivity index is 2.01. The maximum absolute atomic E-state index is 5.80. The Bertz CT molecular complexity index is 374. The highest BCUT2D eigenvalue weighted by Crippen LogP contribution is 2.22. The van der Waals surface area contributed by atoms with Crippen molar-refractivity contribution in [2.45, 2.75) is 25.7 Å². The Labute approximate surface area is 111 Å². The molecule has 0 saturated carbocycles.